The van der Waals surface area contributed by atoms with E-state index >= 15 is 0 Å². The number of carbonyl (C=O) groups is 1. The molecule has 0 unspecified atom stereocenters. The number of halogens is 1. The van der Waals surface area contributed by atoms with E-state index in [0.29, 0.717) is 10.6 Å². The highest BCUT2D eigenvalue weighted by Crippen LogP contribution is 2.09. The number of benzene rings is 1. The lowest BCUT2D eigenvalue weighted by molar-refractivity contribution is 0.100. The van der Waals surface area contributed by atoms with Gasteiger partial charge in [0.05, 0.1) is 6.54 Å². The molecule has 13 heavy (non-hydrogen) atoms. The maximum Gasteiger partial charge on any atom is 0.176 e. The first-order valence-electron chi connectivity index (χ1n) is 4.23. The lowest BCUT2D eigenvalue weighted by Gasteiger charge is -1.95. The van der Waals surface area contributed by atoms with Gasteiger partial charge in [-0.2, -0.15) is 0 Å². The molecule has 0 saturated carbocycles. The lowest BCUT2D eigenvalue weighted by Crippen LogP contribution is -2.13. The SMILES string of the molecule is CC.NCC(=O)c1ccc(Cl)cc1. The second-order valence-electron chi connectivity index (χ2n) is 2.13. The van der Waals surface area contributed by atoms with E-state index in [9.17, 15) is 4.79 Å². The average molecular weight is 200 g/mol. The molecule has 0 atom stereocenters. The van der Waals surface area contributed by atoms with Gasteiger partial charge in [-0.05, 0) is 24.3 Å². The van der Waals surface area contributed by atoms with Crippen LogP contribution in [0.15, 0.2) is 24.3 Å². The quantitative estimate of drug-likeness (QED) is 0.744. The van der Waals surface area contributed by atoms with Crippen molar-refractivity contribution in [2.45, 2.75) is 13.8 Å². The summed E-state index contributed by atoms with van der Waals surface area (Å²) >= 11 is 5.62. The molecule has 0 fully saturated rings. The monoisotopic (exact) mass is 199 g/mol. The Labute approximate surface area is 83.7 Å². The third-order valence-electron chi connectivity index (χ3n) is 1.35. The van der Waals surface area contributed by atoms with Crippen LogP contribution in [0.2, 0.25) is 5.02 Å². The molecule has 0 aromatic heterocycles. The van der Waals surface area contributed by atoms with Gasteiger partial charge < -0.3 is 5.73 Å². The van der Waals surface area contributed by atoms with Gasteiger partial charge in [-0.15, -0.1) is 0 Å². The maximum absolute atomic E-state index is 11.0. The van der Waals surface area contributed by atoms with Crippen LogP contribution in [0.4, 0.5) is 0 Å². The molecule has 0 heterocycles. The van der Waals surface area contributed by atoms with Crippen LogP contribution in [0, 0.1) is 0 Å². The van der Waals surface area contributed by atoms with E-state index in [-0.39, 0.29) is 12.3 Å². The minimum Gasteiger partial charge on any atom is -0.324 e. The summed E-state index contributed by atoms with van der Waals surface area (Å²) < 4.78 is 0. The van der Waals surface area contributed by atoms with E-state index in [1.54, 1.807) is 24.3 Å². The van der Waals surface area contributed by atoms with Crippen molar-refractivity contribution in [3.05, 3.63) is 34.9 Å². The Bertz CT molecular complexity index is 256. The van der Waals surface area contributed by atoms with Crippen LogP contribution in [-0.4, -0.2) is 12.3 Å². The smallest absolute Gasteiger partial charge is 0.176 e. The first-order chi connectivity index (χ1) is 6.24. The van der Waals surface area contributed by atoms with Crippen LogP contribution in [-0.2, 0) is 0 Å². The number of nitrogens with two attached hydrogens (primary N) is 1. The molecule has 1 aromatic rings. The summed E-state index contributed by atoms with van der Waals surface area (Å²) in [4.78, 5) is 11.0. The summed E-state index contributed by atoms with van der Waals surface area (Å²) in [5.41, 5.74) is 5.77. The third-order valence-corrected chi connectivity index (χ3v) is 1.60. The summed E-state index contributed by atoms with van der Waals surface area (Å²) in [5.74, 6) is -0.0679. The molecule has 2 nitrogen and oxygen atoms in total. The Morgan fingerprint density at radius 3 is 2.15 bits per heavy atom. The zero-order valence-corrected chi connectivity index (χ0v) is 8.64. The van der Waals surface area contributed by atoms with Gasteiger partial charge in [0.2, 0.25) is 0 Å². The highest BCUT2D eigenvalue weighted by Gasteiger charge is 2.00. The Morgan fingerprint density at radius 1 is 1.31 bits per heavy atom. The molecule has 0 spiro atoms. The predicted octanol–water partition coefficient (Wildman–Crippen LogP) is 2.51. The van der Waals surface area contributed by atoms with Crippen LogP contribution in [0.3, 0.4) is 0 Å². The van der Waals surface area contributed by atoms with Gasteiger partial charge in [0.1, 0.15) is 0 Å². The van der Waals surface area contributed by atoms with Crippen LogP contribution in [0.1, 0.15) is 24.2 Å². The second kappa shape index (κ2) is 6.63. The topological polar surface area (TPSA) is 43.1 Å². The largest absolute Gasteiger partial charge is 0.324 e. The van der Waals surface area contributed by atoms with E-state index in [1.165, 1.54) is 0 Å². The van der Waals surface area contributed by atoms with Gasteiger partial charge in [0.15, 0.2) is 5.78 Å². The molecule has 1 rings (SSSR count). The summed E-state index contributed by atoms with van der Waals surface area (Å²) in [6.07, 6.45) is 0. The fourth-order valence-electron chi connectivity index (χ4n) is 0.754. The maximum atomic E-state index is 11.0. The third kappa shape index (κ3) is 4.06. The molecule has 0 aliphatic carbocycles. The summed E-state index contributed by atoms with van der Waals surface area (Å²) in [5, 5.41) is 0.624. The van der Waals surface area contributed by atoms with Crippen molar-refractivity contribution in [3.63, 3.8) is 0 Å². The molecular weight excluding hydrogens is 186 g/mol. The standard InChI is InChI=1S/C8H8ClNO.C2H6/c9-7-3-1-6(2-4-7)8(11)5-10;1-2/h1-4H,5,10H2;1-2H3. The van der Waals surface area contributed by atoms with Crippen molar-refractivity contribution in [3.8, 4) is 0 Å². The number of ketones is 1. The van der Waals surface area contributed by atoms with Gasteiger partial charge in [-0.3, -0.25) is 4.79 Å². The Hall–Kier alpha value is -0.860. The van der Waals surface area contributed by atoms with E-state index in [1.807, 2.05) is 13.8 Å². The van der Waals surface area contributed by atoms with Gasteiger partial charge in [-0.1, -0.05) is 25.4 Å². The summed E-state index contributed by atoms with van der Waals surface area (Å²) in [6, 6.07) is 6.67. The molecule has 0 bridgehead atoms. The predicted molar refractivity (Wildman–Crippen MR) is 56.2 cm³/mol. The average Bonchev–Trinajstić information content (AvgIpc) is 2.21. The molecule has 0 radical (unpaired) electrons. The van der Waals surface area contributed by atoms with Gasteiger partial charge in [-0.25, -0.2) is 0 Å². The van der Waals surface area contributed by atoms with Gasteiger partial charge >= 0.3 is 0 Å². The fourth-order valence-corrected chi connectivity index (χ4v) is 0.880. The molecule has 2 N–H and O–H groups in total. The number of carbonyl (C=O) groups excluding carboxylic acids is 1. The van der Waals surface area contributed by atoms with E-state index in [0.717, 1.165) is 0 Å². The second-order valence-corrected chi connectivity index (χ2v) is 2.57. The van der Waals surface area contributed by atoms with Crippen molar-refractivity contribution in [2.75, 3.05) is 6.54 Å². The Balaban J connectivity index is 0.000000671. The van der Waals surface area contributed by atoms with Gasteiger partial charge in [0, 0.05) is 10.6 Å². The molecule has 72 valence electrons. The Morgan fingerprint density at radius 2 is 1.77 bits per heavy atom. The fraction of sp³-hybridized carbons (Fsp3) is 0.300. The first-order valence-corrected chi connectivity index (χ1v) is 4.60. The zero-order chi connectivity index (χ0) is 10.3. The first kappa shape index (κ1) is 12.1. The van der Waals surface area contributed by atoms with Crippen LogP contribution in [0.5, 0.6) is 0 Å². The molecule has 1 aromatic carbocycles. The molecule has 0 aliphatic rings. The van der Waals surface area contributed by atoms with Crippen LogP contribution >= 0.6 is 11.6 Å². The normalized spacial score (nSPS) is 8.62. The number of Topliss-reactive ketones (excluding diaryl/α,β-unsaturated/α-hetero) is 1. The van der Waals surface area contributed by atoms with E-state index < -0.39 is 0 Å². The van der Waals surface area contributed by atoms with Crippen molar-refractivity contribution in [2.24, 2.45) is 5.73 Å². The zero-order valence-electron chi connectivity index (χ0n) is 7.88. The molecule has 0 amide bonds. The van der Waals surface area contributed by atoms with Crippen molar-refractivity contribution in [1.29, 1.82) is 0 Å². The van der Waals surface area contributed by atoms with Crippen molar-refractivity contribution >= 4 is 17.4 Å². The summed E-state index contributed by atoms with van der Waals surface area (Å²) in [7, 11) is 0. The summed E-state index contributed by atoms with van der Waals surface area (Å²) in [6.45, 7) is 4.04. The molecular formula is C10H14ClNO. The minimum atomic E-state index is -0.0679. The van der Waals surface area contributed by atoms with Crippen molar-refractivity contribution < 1.29 is 4.79 Å². The Kier molecular flexibility index (Phi) is 6.20. The van der Waals surface area contributed by atoms with E-state index in [4.69, 9.17) is 17.3 Å². The molecule has 0 aliphatic heterocycles. The van der Waals surface area contributed by atoms with Crippen LogP contribution in [0.25, 0.3) is 0 Å². The number of rotatable bonds is 2. The lowest BCUT2D eigenvalue weighted by atomic mass is 10.1. The van der Waals surface area contributed by atoms with Crippen LogP contribution < -0.4 is 5.73 Å². The minimum absolute atomic E-state index is 0.0433. The van der Waals surface area contributed by atoms with Gasteiger partial charge in [0.25, 0.3) is 0 Å². The van der Waals surface area contributed by atoms with E-state index in [2.05, 4.69) is 0 Å². The molecule has 0 saturated heterocycles. The number of hydrogen-bond donors (Lipinski definition) is 1. The van der Waals surface area contributed by atoms with Crippen molar-refractivity contribution in [1.82, 2.24) is 0 Å². The number of hydrogen-bond acceptors (Lipinski definition) is 2. The highest BCUT2D eigenvalue weighted by atomic mass is 35.5. The highest BCUT2D eigenvalue weighted by molar-refractivity contribution is 6.30. The molecule has 3 heteroatoms.